The maximum Gasteiger partial charge on any atom is 0.127 e. The van der Waals surface area contributed by atoms with Crippen LogP contribution in [0.1, 0.15) is 11.6 Å². The Morgan fingerprint density at radius 1 is 1.00 bits per heavy atom. The number of hydrogen-bond donors (Lipinski definition) is 2. The van der Waals surface area contributed by atoms with Gasteiger partial charge in [0.2, 0.25) is 0 Å². The van der Waals surface area contributed by atoms with Crippen LogP contribution in [0.15, 0.2) is 54.6 Å². The van der Waals surface area contributed by atoms with Gasteiger partial charge in [0, 0.05) is 25.0 Å². The van der Waals surface area contributed by atoms with Gasteiger partial charge >= 0.3 is 0 Å². The molecule has 2 aromatic carbocycles. The number of para-hydroxylation sites is 1. The van der Waals surface area contributed by atoms with Crippen molar-refractivity contribution < 1.29 is 4.74 Å². The van der Waals surface area contributed by atoms with E-state index in [0.717, 1.165) is 24.6 Å². The summed E-state index contributed by atoms with van der Waals surface area (Å²) in [4.78, 5) is 0. The van der Waals surface area contributed by atoms with E-state index < -0.39 is 0 Å². The molecule has 104 valence electrons. The van der Waals surface area contributed by atoms with E-state index in [9.17, 15) is 0 Å². The highest BCUT2D eigenvalue weighted by Crippen LogP contribution is 2.27. The average molecular weight is 268 g/mol. The second kappa shape index (κ2) is 6.07. The van der Waals surface area contributed by atoms with E-state index >= 15 is 0 Å². The normalized spacial score (nSPS) is 16.4. The zero-order valence-electron chi connectivity index (χ0n) is 11.7. The van der Waals surface area contributed by atoms with Crippen LogP contribution < -0.4 is 15.4 Å². The van der Waals surface area contributed by atoms with Gasteiger partial charge in [-0.2, -0.15) is 0 Å². The quantitative estimate of drug-likeness (QED) is 0.874. The van der Waals surface area contributed by atoms with E-state index in [4.69, 9.17) is 4.74 Å². The molecule has 3 heteroatoms. The van der Waals surface area contributed by atoms with Crippen LogP contribution in [0.3, 0.4) is 0 Å². The molecule has 3 rings (SSSR count). The number of hydrogen-bond acceptors (Lipinski definition) is 3. The standard InChI is InChI=1S/C17H20N2O/c1-18-17(14-11-19-12-14)13-7-9-16(10-8-13)20-15-5-3-2-4-6-15/h2-10,14,17-19H,11-12H2,1H3. The first-order valence-corrected chi connectivity index (χ1v) is 7.07. The molecular weight excluding hydrogens is 248 g/mol. The number of ether oxygens (including phenoxy) is 1. The Morgan fingerprint density at radius 3 is 2.20 bits per heavy atom. The fourth-order valence-corrected chi connectivity index (χ4v) is 2.59. The topological polar surface area (TPSA) is 33.3 Å². The molecule has 0 aromatic heterocycles. The summed E-state index contributed by atoms with van der Waals surface area (Å²) in [6.07, 6.45) is 0. The summed E-state index contributed by atoms with van der Waals surface area (Å²) in [7, 11) is 2.03. The molecule has 0 bridgehead atoms. The van der Waals surface area contributed by atoms with Gasteiger partial charge in [0.25, 0.3) is 0 Å². The molecule has 0 amide bonds. The van der Waals surface area contributed by atoms with Crippen LogP contribution in [0.25, 0.3) is 0 Å². The Balaban J connectivity index is 1.70. The van der Waals surface area contributed by atoms with Crippen LogP contribution >= 0.6 is 0 Å². The summed E-state index contributed by atoms with van der Waals surface area (Å²) in [5.41, 5.74) is 1.32. The van der Waals surface area contributed by atoms with Gasteiger partial charge in [0.15, 0.2) is 0 Å². The van der Waals surface area contributed by atoms with Gasteiger partial charge in [-0.05, 0) is 36.9 Å². The highest BCUT2D eigenvalue weighted by Gasteiger charge is 2.26. The summed E-state index contributed by atoms with van der Waals surface area (Å²) in [5, 5.41) is 6.73. The molecule has 0 aliphatic carbocycles. The molecule has 1 unspecified atom stereocenters. The van der Waals surface area contributed by atoms with Crippen molar-refractivity contribution in [2.75, 3.05) is 20.1 Å². The second-order valence-corrected chi connectivity index (χ2v) is 5.17. The van der Waals surface area contributed by atoms with E-state index in [1.807, 2.05) is 49.5 Å². The lowest BCUT2D eigenvalue weighted by Crippen LogP contribution is -2.48. The molecule has 3 nitrogen and oxygen atoms in total. The van der Waals surface area contributed by atoms with Gasteiger partial charge < -0.3 is 15.4 Å². The lowest BCUT2D eigenvalue weighted by molar-refractivity contribution is 0.268. The summed E-state index contributed by atoms with van der Waals surface area (Å²) in [6, 6.07) is 18.7. The molecule has 1 heterocycles. The number of rotatable bonds is 5. The van der Waals surface area contributed by atoms with Gasteiger partial charge in [-0.25, -0.2) is 0 Å². The van der Waals surface area contributed by atoms with Crippen molar-refractivity contribution in [2.45, 2.75) is 6.04 Å². The minimum atomic E-state index is 0.419. The van der Waals surface area contributed by atoms with Gasteiger partial charge in [0.05, 0.1) is 0 Å². The third kappa shape index (κ3) is 2.84. The Hall–Kier alpha value is -1.84. The number of nitrogens with one attached hydrogen (secondary N) is 2. The third-order valence-corrected chi connectivity index (χ3v) is 3.81. The molecule has 0 saturated carbocycles. The molecule has 1 saturated heterocycles. The maximum atomic E-state index is 5.81. The summed E-state index contributed by atoms with van der Waals surface area (Å²) < 4.78 is 5.81. The van der Waals surface area contributed by atoms with Crippen molar-refractivity contribution in [3.8, 4) is 11.5 Å². The lowest BCUT2D eigenvalue weighted by Gasteiger charge is -2.34. The molecule has 1 aliphatic rings. The molecule has 0 spiro atoms. The van der Waals surface area contributed by atoms with Crippen molar-refractivity contribution in [1.82, 2.24) is 10.6 Å². The van der Waals surface area contributed by atoms with E-state index in [0.29, 0.717) is 12.0 Å². The monoisotopic (exact) mass is 268 g/mol. The van der Waals surface area contributed by atoms with Crippen molar-refractivity contribution in [2.24, 2.45) is 5.92 Å². The predicted octanol–water partition coefficient (Wildman–Crippen LogP) is 2.96. The largest absolute Gasteiger partial charge is 0.457 e. The molecule has 2 N–H and O–H groups in total. The Labute approximate surface area is 120 Å². The van der Waals surface area contributed by atoms with E-state index in [2.05, 4.69) is 22.8 Å². The van der Waals surface area contributed by atoms with Crippen LogP contribution in [0.5, 0.6) is 11.5 Å². The zero-order chi connectivity index (χ0) is 13.8. The van der Waals surface area contributed by atoms with Crippen LogP contribution in [0, 0.1) is 5.92 Å². The predicted molar refractivity (Wildman–Crippen MR) is 81.1 cm³/mol. The van der Waals surface area contributed by atoms with Crippen LogP contribution in [-0.4, -0.2) is 20.1 Å². The van der Waals surface area contributed by atoms with Gasteiger partial charge in [-0.15, -0.1) is 0 Å². The SMILES string of the molecule is CNC(c1ccc(Oc2ccccc2)cc1)C1CNC1. The first kappa shape index (κ1) is 13.2. The second-order valence-electron chi connectivity index (χ2n) is 5.17. The first-order valence-electron chi connectivity index (χ1n) is 7.07. The first-order chi connectivity index (χ1) is 9.86. The fourth-order valence-electron chi connectivity index (χ4n) is 2.59. The minimum Gasteiger partial charge on any atom is -0.457 e. The van der Waals surface area contributed by atoms with Crippen molar-refractivity contribution >= 4 is 0 Å². The highest BCUT2D eigenvalue weighted by molar-refractivity contribution is 5.34. The Morgan fingerprint density at radius 2 is 1.65 bits per heavy atom. The Bertz CT molecular complexity index is 535. The summed E-state index contributed by atoms with van der Waals surface area (Å²) >= 11 is 0. The van der Waals surface area contributed by atoms with E-state index in [1.54, 1.807) is 0 Å². The maximum absolute atomic E-state index is 5.81. The Kier molecular flexibility index (Phi) is 4.00. The molecule has 1 atom stereocenters. The smallest absolute Gasteiger partial charge is 0.127 e. The minimum absolute atomic E-state index is 0.419. The van der Waals surface area contributed by atoms with Crippen LogP contribution in [0.2, 0.25) is 0 Å². The lowest BCUT2D eigenvalue weighted by atomic mass is 9.89. The molecule has 1 aliphatic heterocycles. The summed E-state index contributed by atoms with van der Waals surface area (Å²) in [5.74, 6) is 2.43. The zero-order valence-corrected chi connectivity index (χ0v) is 11.7. The average Bonchev–Trinajstić information content (AvgIpc) is 2.45. The summed E-state index contributed by atoms with van der Waals surface area (Å²) in [6.45, 7) is 2.18. The van der Waals surface area contributed by atoms with E-state index in [1.165, 1.54) is 5.56 Å². The van der Waals surface area contributed by atoms with Crippen LogP contribution in [0.4, 0.5) is 0 Å². The van der Waals surface area contributed by atoms with Gasteiger partial charge in [-0.1, -0.05) is 30.3 Å². The fraction of sp³-hybridized carbons (Fsp3) is 0.294. The molecule has 20 heavy (non-hydrogen) atoms. The number of benzene rings is 2. The van der Waals surface area contributed by atoms with Crippen molar-refractivity contribution in [3.63, 3.8) is 0 Å². The van der Waals surface area contributed by atoms with Crippen LogP contribution in [-0.2, 0) is 0 Å². The van der Waals surface area contributed by atoms with Crippen molar-refractivity contribution in [1.29, 1.82) is 0 Å². The molecule has 2 aromatic rings. The molecule has 1 fully saturated rings. The van der Waals surface area contributed by atoms with Gasteiger partial charge in [-0.3, -0.25) is 0 Å². The van der Waals surface area contributed by atoms with Crippen molar-refractivity contribution in [3.05, 3.63) is 60.2 Å². The molecular formula is C17H20N2O. The highest BCUT2D eigenvalue weighted by atomic mass is 16.5. The molecule has 0 radical (unpaired) electrons. The van der Waals surface area contributed by atoms with E-state index in [-0.39, 0.29) is 0 Å². The third-order valence-electron chi connectivity index (χ3n) is 3.81. The van der Waals surface area contributed by atoms with Gasteiger partial charge in [0.1, 0.15) is 11.5 Å².